The minimum absolute atomic E-state index is 0.586. The number of hydrogen-bond donors (Lipinski definition) is 0. The predicted octanol–water partition coefficient (Wildman–Crippen LogP) is 4.38. The van der Waals surface area contributed by atoms with Crippen molar-refractivity contribution in [2.24, 2.45) is 0 Å². The number of rotatable bonds is 2. The molecule has 1 nitrogen and oxygen atoms in total. The van der Waals surface area contributed by atoms with Crippen molar-refractivity contribution in [2.75, 3.05) is 11.4 Å². The molecule has 1 heterocycles. The lowest BCUT2D eigenvalue weighted by Crippen LogP contribution is -2.22. The summed E-state index contributed by atoms with van der Waals surface area (Å²) in [4.78, 5) is 2.46. The zero-order chi connectivity index (χ0) is 13.1. The average molecular weight is 272 g/mol. The van der Waals surface area contributed by atoms with Crippen LogP contribution < -0.4 is 4.90 Å². The van der Waals surface area contributed by atoms with Crippen LogP contribution in [0.15, 0.2) is 48.5 Å². The molecule has 2 aromatic carbocycles. The van der Waals surface area contributed by atoms with Crippen molar-refractivity contribution in [1.82, 2.24) is 0 Å². The number of hydrogen-bond acceptors (Lipinski definition) is 1. The molecule has 0 spiro atoms. The van der Waals surface area contributed by atoms with Gasteiger partial charge in [0.1, 0.15) is 0 Å². The lowest BCUT2D eigenvalue weighted by Gasteiger charge is -2.23. The number of fused-ring (bicyclic) bond motifs is 1. The quantitative estimate of drug-likeness (QED) is 0.733. The van der Waals surface area contributed by atoms with Gasteiger partial charge in [0.2, 0.25) is 0 Å². The van der Waals surface area contributed by atoms with E-state index in [4.69, 9.17) is 11.6 Å². The van der Waals surface area contributed by atoms with E-state index < -0.39 is 0 Å². The highest BCUT2D eigenvalue weighted by atomic mass is 35.5. The second-order valence-electron chi connectivity index (χ2n) is 5.09. The summed E-state index contributed by atoms with van der Waals surface area (Å²) in [6.45, 7) is 2.13. The Morgan fingerprint density at radius 1 is 0.947 bits per heavy atom. The molecule has 0 bridgehead atoms. The van der Waals surface area contributed by atoms with E-state index in [1.807, 2.05) is 0 Å². The van der Waals surface area contributed by atoms with Gasteiger partial charge in [0.25, 0.3) is 0 Å². The smallest absolute Gasteiger partial charge is 0.0474 e. The standard InChI is InChI=1S/C17H18ClN/c18-12-14-7-9-17(10-8-14)19-11-3-6-15-4-1-2-5-16(15)13-19/h1-2,4-5,7-10H,3,6,11-13H2. The number of anilines is 1. The highest BCUT2D eigenvalue weighted by Crippen LogP contribution is 2.24. The molecule has 0 aliphatic carbocycles. The molecule has 0 N–H and O–H groups in total. The molecular weight excluding hydrogens is 254 g/mol. The Bertz CT molecular complexity index is 547. The molecule has 1 aliphatic heterocycles. The molecule has 0 atom stereocenters. The Kier molecular flexibility index (Phi) is 3.74. The Labute approximate surface area is 119 Å². The van der Waals surface area contributed by atoms with Gasteiger partial charge in [-0.2, -0.15) is 0 Å². The van der Waals surface area contributed by atoms with Crippen molar-refractivity contribution in [2.45, 2.75) is 25.3 Å². The van der Waals surface area contributed by atoms with Crippen molar-refractivity contribution >= 4 is 17.3 Å². The van der Waals surface area contributed by atoms with E-state index in [2.05, 4.69) is 53.4 Å². The fourth-order valence-corrected chi connectivity index (χ4v) is 2.90. The third-order valence-corrected chi connectivity index (χ3v) is 4.12. The summed E-state index contributed by atoms with van der Waals surface area (Å²) in [7, 11) is 0. The third kappa shape index (κ3) is 2.76. The monoisotopic (exact) mass is 271 g/mol. The minimum Gasteiger partial charge on any atom is -0.367 e. The maximum absolute atomic E-state index is 5.84. The van der Waals surface area contributed by atoms with Crippen LogP contribution in [0, 0.1) is 0 Å². The first-order valence-electron chi connectivity index (χ1n) is 6.83. The Balaban J connectivity index is 1.85. The van der Waals surface area contributed by atoms with Crippen molar-refractivity contribution in [1.29, 1.82) is 0 Å². The first kappa shape index (κ1) is 12.6. The largest absolute Gasteiger partial charge is 0.367 e. The SMILES string of the molecule is ClCc1ccc(N2CCCc3ccccc3C2)cc1. The minimum atomic E-state index is 0.586. The number of nitrogens with zero attached hydrogens (tertiary/aromatic N) is 1. The van der Waals surface area contributed by atoms with Crippen LogP contribution in [0.5, 0.6) is 0 Å². The fourth-order valence-electron chi connectivity index (χ4n) is 2.72. The van der Waals surface area contributed by atoms with Gasteiger partial charge in [0.15, 0.2) is 0 Å². The summed E-state index contributed by atoms with van der Waals surface area (Å²) in [6, 6.07) is 17.4. The van der Waals surface area contributed by atoms with E-state index in [0.29, 0.717) is 5.88 Å². The van der Waals surface area contributed by atoms with Gasteiger partial charge in [0, 0.05) is 24.7 Å². The second-order valence-corrected chi connectivity index (χ2v) is 5.36. The van der Waals surface area contributed by atoms with E-state index >= 15 is 0 Å². The first-order valence-corrected chi connectivity index (χ1v) is 7.37. The number of benzene rings is 2. The maximum atomic E-state index is 5.84. The summed E-state index contributed by atoms with van der Waals surface area (Å²) in [5, 5.41) is 0. The summed E-state index contributed by atoms with van der Waals surface area (Å²) in [5.41, 5.74) is 5.44. The molecule has 2 heteroatoms. The van der Waals surface area contributed by atoms with Crippen LogP contribution >= 0.6 is 11.6 Å². The average Bonchev–Trinajstić information content (AvgIpc) is 2.69. The molecule has 98 valence electrons. The molecular formula is C17H18ClN. The van der Waals surface area contributed by atoms with Gasteiger partial charge in [0.05, 0.1) is 0 Å². The molecule has 0 radical (unpaired) electrons. The van der Waals surface area contributed by atoms with Crippen LogP contribution in [0.3, 0.4) is 0 Å². The molecule has 0 saturated heterocycles. The summed E-state index contributed by atoms with van der Waals surface area (Å²) < 4.78 is 0. The van der Waals surface area contributed by atoms with Gasteiger partial charge >= 0.3 is 0 Å². The Hall–Kier alpha value is -1.47. The van der Waals surface area contributed by atoms with Crippen LogP contribution in [0.1, 0.15) is 23.1 Å². The number of alkyl halides is 1. The van der Waals surface area contributed by atoms with Crippen molar-refractivity contribution in [3.8, 4) is 0 Å². The molecule has 3 rings (SSSR count). The predicted molar refractivity (Wildman–Crippen MR) is 81.8 cm³/mol. The fraction of sp³-hybridized carbons (Fsp3) is 0.294. The Morgan fingerprint density at radius 2 is 1.68 bits per heavy atom. The van der Waals surface area contributed by atoms with Crippen molar-refractivity contribution in [3.63, 3.8) is 0 Å². The van der Waals surface area contributed by atoms with Gasteiger partial charge in [-0.3, -0.25) is 0 Å². The van der Waals surface area contributed by atoms with E-state index in [9.17, 15) is 0 Å². The second kappa shape index (κ2) is 5.66. The molecule has 0 amide bonds. The lowest BCUT2D eigenvalue weighted by atomic mass is 10.0. The van der Waals surface area contributed by atoms with E-state index in [1.54, 1.807) is 0 Å². The Morgan fingerprint density at radius 3 is 2.42 bits per heavy atom. The highest BCUT2D eigenvalue weighted by Gasteiger charge is 2.14. The number of aryl methyl sites for hydroxylation is 1. The topological polar surface area (TPSA) is 3.24 Å². The van der Waals surface area contributed by atoms with Crippen molar-refractivity contribution < 1.29 is 0 Å². The van der Waals surface area contributed by atoms with Gasteiger partial charge in [-0.1, -0.05) is 36.4 Å². The first-order chi connectivity index (χ1) is 9.36. The van der Waals surface area contributed by atoms with E-state index in [-0.39, 0.29) is 0 Å². The highest BCUT2D eigenvalue weighted by molar-refractivity contribution is 6.17. The van der Waals surface area contributed by atoms with Crippen LogP contribution in [-0.2, 0) is 18.8 Å². The van der Waals surface area contributed by atoms with E-state index in [0.717, 1.165) is 13.1 Å². The van der Waals surface area contributed by atoms with Crippen LogP contribution in [0.2, 0.25) is 0 Å². The molecule has 0 fully saturated rings. The third-order valence-electron chi connectivity index (χ3n) is 3.81. The molecule has 0 unspecified atom stereocenters. The molecule has 2 aromatic rings. The normalized spacial score (nSPS) is 14.9. The zero-order valence-corrected chi connectivity index (χ0v) is 11.7. The van der Waals surface area contributed by atoms with Gasteiger partial charge in [-0.05, 0) is 41.7 Å². The molecule has 0 saturated carbocycles. The van der Waals surface area contributed by atoms with Crippen molar-refractivity contribution in [3.05, 3.63) is 65.2 Å². The lowest BCUT2D eigenvalue weighted by molar-refractivity contribution is 0.766. The number of halogens is 1. The van der Waals surface area contributed by atoms with Gasteiger partial charge in [-0.15, -0.1) is 11.6 Å². The molecule has 19 heavy (non-hydrogen) atoms. The zero-order valence-electron chi connectivity index (χ0n) is 11.0. The van der Waals surface area contributed by atoms with Crippen LogP contribution in [0.25, 0.3) is 0 Å². The summed E-state index contributed by atoms with van der Waals surface area (Å²) >= 11 is 5.84. The molecule has 0 aromatic heterocycles. The van der Waals surface area contributed by atoms with Gasteiger partial charge in [-0.25, -0.2) is 0 Å². The summed E-state index contributed by atoms with van der Waals surface area (Å²) in [6.07, 6.45) is 2.40. The van der Waals surface area contributed by atoms with Crippen LogP contribution in [0.4, 0.5) is 5.69 Å². The van der Waals surface area contributed by atoms with Crippen LogP contribution in [-0.4, -0.2) is 6.54 Å². The maximum Gasteiger partial charge on any atom is 0.0474 e. The van der Waals surface area contributed by atoms with E-state index in [1.165, 1.54) is 35.2 Å². The molecule has 1 aliphatic rings. The summed E-state index contributed by atoms with van der Waals surface area (Å²) in [5.74, 6) is 0.586. The van der Waals surface area contributed by atoms with Gasteiger partial charge < -0.3 is 4.90 Å².